The predicted octanol–water partition coefficient (Wildman–Crippen LogP) is 12.9. The molecule has 0 aromatic heterocycles. The zero-order valence-electron chi connectivity index (χ0n) is 27.6. The van der Waals surface area contributed by atoms with E-state index >= 15 is 0 Å². The van der Waals surface area contributed by atoms with Crippen LogP contribution in [-0.2, 0) is 17.9 Å². The van der Waals surface area contributed by atoms with Crippen molar-refractivity contribution in [3.8, 4) is 0 Å². The Labute approximate surface area is 246 Å². The zero-order chi connectivity index (χ0) is 29.2. The third-order valence-corrected chi connectivity index (χ3v) is 16.8. The Morgan fingerprint density at radius 3 is 1.03 bits per heavy atom. The first-order chi connectivity index (χ1) is 18.8. The molecule has 0 saturated heterocycles. The fraction of sp³-hybridized carbons (Fsp3) is 1.00. The second kappa shape index (κ2) is 25.1. The van der Waals surface area contributed by atoms with Crippen LogP contribution in [0.1, 0.15) is 176 Å². The van der Waals surface area contributed by atoms with Gasteiger partial charge in [0.2, 0.25) is 0 Å². The molecule has 0 spiro atoms. The standard InChI is InChI=1S/C33H72O4P2/c1-7-12-17-20-23-26-31-39(6,32-27-24-21-18-13-8-2,33-28-25-22-19-14-9-3)37-38(34,35-29-15-10-4)36-30-16-11-5/h7-33H2,1-6H3. The molecule has 0 aliphatic rings. The second-order valence-electron chi connectivity index (χ2n) is 12.6. The first-order valence-corrected chi connectivity index (χ1v) is 22.0. The van der Waals surface area contributed by atoms with Crippen molar-refractivity contribution in [2.75, 3.05) is 38.4 Å². The number of hydrogen-bond donors (Lipinski definition) is 0. The van der Waals surface area contributed by atoms with Crippen molar-refractivity contribution in [1.82, 2.24) is 0 Å². The fourth-order valence-corrected chi connectivity index (χ4v) is 14.2. The second-order valence-corrected chi connectivity index (χ2v) is 20.4. The fourth-order valence-electron chi connectivity index (χ4n) is 5.51. The van der Waals surface area contributed by atoms with Crippen LogP contribution in [0.25, 0.3) is 0 Å². The third kappa shape index (κ3) is 21.0. The summed E-state index contributed by atoms with van der Waals surface area (Å²) in [4.78, 5) is 0. The molecular formula is C33H72O4P2. The molecule has 0 unspecified atom stereocenters. The van der Waals surface area contributed by atoms with Crippen LogP contribution < -0.4 is 0 Å². The first-order valence-electron chi connectivity index (χ1n) is 17.4. The summed E-state index contributed by atoms with van der Waals surface area (Å²) in [6.45, 7) is 11.7. The molecule has 39 heavy (non-hydrogen) atoms. The van der Waals surface area contributed by atoms with Gasteiger partial charge in [-0.05, 0) is 0 Å². The molecule has 238 valence electrons. The third-order valence-electron chi connectivity index (χ3n) is 8.28. The molecule has 0 bridgehead atoms. The Hall–Kier alpha value is 0.540. The van der Waals surface area contributed by atoms with E-state index in [-0.39, 0.29) is 0 Å². The number of phosphoric ester groups is 1. The minimum absolute atomic E-state index is 0.456. The van der Waals surface area contributed by atoms with E-state index in [2.05, 4.69) is 41.3 Å². The molecule has 0 atom stereocenters. The monoisotopic (exact) mass is 594 g/mol. The summed E-state index contributed by atoms with van der Waals surface area (Å²) >= 11 is 0. The SMILES string of the molecule is CCCCCCCCP(C)(CCCCCCCC)(CCCCCCCC)OP(=O)(OCCCC)OCCCC. The molecule has 0 aliphatic carbocycles. The number of phosphoric acid groups is 1. The Kier molecular flexibility index (Phi) is 25.4. The van der Waals surface area contributed by atoms with Gasteiger partial charge in [0.25, 0.3) is 0 Å². The van der Waals surface area contributed by atoms with Crippen molar-refractivity contribution in [2.45, 2.75) is 176 Å². The van der Waals surface area contributed by atoms with Gasteiger partial charge in [-0.1, -0.05) is 0 Å². The van der Waals surface area contributed by atoms with Gasteiger partial charge < -0.3 is 0 Å². The van der Waals surface area contributed by atoms with E-state index in [4.69, 9.17) is 13.4 Å². The van der Waals surface area contributed by atoms with Gasteiger partial charge in [-0.15, -0.1) is 0 Å². The van der Waals surface area contributed by atoms with Gasteiger partial charge >= 0.3 is 247 Å². The van der Waals surface area contributed by atoms with E-state index in [1.165, 1.54) is 116 Å². The van der Waals surface area contributed by atoms with Crippen molar-refractivity contribution in [3.05, 3.63) is 0 Å². The van der Waals surface area contributed by atoms with E-state index in [0.717, 1.165) is 44.2 Å². The minimum atomic E-state index is -3.61. The van der Waals surface area contributed by atoms with Gasteiger partial charge in [-0.25, -0.2) is 0 Å². The molecule has 4 nitrogen and oxygen atoms in total. The van der Waals surface area contributed by atoms with Gasteiger partial charge in [0, 0.05) is 0 Å². The average molecular weight is 595 g/mol. The quantitative estimate of drug-likeness (QED) is 0.0591. The van der Waals surface area contributed by atoms with E-state index in [0.29, 0.717) is 13.2 Å². The maximum absolute atomic E-state index is 14.3. The summed E-state index contributed by atoms with van der Waals surface area (Å²) in [7, 11) is -3.61. The van der Waals surface area contributed by atoms with E-state index < -0.39 is 14.7 Å². The molecule has 0 fully saturated rings. The van der Waals surface area contributed by atoms with Crippen molar-refractivity contribution in [1.29, 1.82) is 0 Å². The van der Waals surface area contributed by atoms with Crippen LogP contribution >= 0.6 is 14.7 Å². The molecule has 0 aromatic carbocycles. The Morgan fingerprint density at radius 2 is 0.718 bits per heavy atom. The summed E-state index contributed by atoms with van der Waals surface area (Å²) in [5.74, 6) is 0. The molecule has 0 heterocycles. The summed E-state index contributed by atoms with van der Waals surface area (Å²) in [6, 6.07) is 0. The van der Waals surface area contributed by atoms with Crippen LogP contribution in [0.2, 0.25) is 0 Å². The molecule has 0 aromatic rings. The molecule has 0 amide bonds. The van der Waals surface area contributed by atoms with Gasteiger partial charge in [-0.2, -0.15) is 0 Å². The van der Waals surface area contributed by atoms with Gasteiger partial charge in [0.1, 0.15) is 0 Å². The van der Waals surface area contributed by atoms with Crippen molar-refractivity contribution in [2.24, 2.45) is 0 Å². The Balaban J connectivity index is 5.83. The molecule has 0 radical (unpaired) electrons. The van der Waals surface area contributed by atoms with E-state index in [1.54, 1.807) is 0 Å². The maximum atomic E-state index is 14.3. The van der Waals surface area contributed by atoms with E-state index in [1.807, 2.05) is 0 Å². The summed E-state index contributed by atoms with van der Waals surface area (Å²) in [6.07, 6.45) is 30.0. The Morgan fingerprint density at radius 1 is 0.436 bits per heavy atom. The van der Waals surface area contributed by atoms with Gasteiger partial charge in [-0.3, -0.25) is 0 Å². The van der Waals surface area contributed by atoms with Crippen LogP contribution in [0, 0.1) is 0 Å². The molecule has 0 aliphatic heterocycles. The zero-order valence-corrected chi connectivity index (χ0v) is 29.4. The van der Waals surface area contributed by atoms with Crippen LogP contribution in [0.4, 0.5) is 0 Å². The number of rotatable bonds is 31. The van der Waals surface area contributed by atoms with Crippen LogP contribution in [0.15, 0.2) is 0 Å². The summed E-state index contributed by atoms with van der Waals surface area (Å²) < 4.78 is 33.4. The van der Waals surface area contributed by atoms with Crippen molar-refractivity contribution in [3.63, 3.8) is 0 Å². The molecule has 0 rings (SSSR count). The van der Waals surface area contributed by atoms with E-state index in [9.17, 15) is 4.57 Å². The predicted molar refractivity (Wildman–Crippen MR) is 178 cm³/mol. The molecule has 0 N–H and O–H groups in total. The average Bonchev–Trinajstić information content (AvgIpc) is 2.91. The van der Waals surface area contributed by atoms with Crippen LogP contribution in [0.3, 0.4) is 0 Å². The van der Waals surface area contributed by atoms with Crippen molar-refractivity contribution < 1.29 is 17.9 Å². The Bertz CT molecular complexity index is 527. The molecular weight excluding hydrogens is 522 g/mol. The first kappa shape index (κ1) is 39.5. The molecule has 6 heteroatoms. The molecule has 0 saturated carbocycles. The van der Waals surface area contributed by atoms with Crippen molar-refractivity contribution >= 4 is 14.7 Å². The van der Waals surface area contributed by atoms with Gasteiger partial charge in [0.05, 0.1) is 0 Å². The normalized spacial score (nSPS) is 13.5. The van der Waals surface area contributed by atoms with Gasteiger partial charge in [0.15, 0.2) is 0 Å². The number of hydrogen-bond acceptors (Lipinski definition) is 4. The summed E-state index contributed by atoms with van der Waals surface area (Å²) in [5.41, 5.74) is 0. The van der Waals surface area contributed by atoms with Crippen LogP contribution in [0.5, 0.6) is 0 Å². The topological polar surface area (TPSA) is 44.8 Å². The van der Waals surface area contributed by atoms with Crippen LogP contribution in [-0.4, -0.2) is 38.4 Å². The summed E-state index contributed by atoms with van der Waals surface area (Å²) in [5, 5.41) is 0. The number of unbranched alkanes of at least 4 members (excludes halogenated alkanes) is 17.